The Morgan fingerprint density at radius 2 is 1.51 bits per heavy atom. The molecule has 0 spiro atoms. The zero-order chi connectivity index (χ0) is 32.4. The summed E-state index contributed by atoms with van der Waals surface area (Å²) in [5.41, 5.74) is 7.35. The van der Waals surface area contributed by atoms with Crippen molar-refractivity contribution in [3.8, 4) is 0 Å². The van der Waals surface area contributed by atoms with Crippen LogP contribution >= 0.6 is 0 Å². The van der Waals surface area contributed by atoms with Gasteiger partial charge in [-0.25, -0.2) is 18.7 Å². The highest BCUT2D eigenvalue weighted by Gasteiger charge is 2.39. The van der Waals surface area contributed by atoms with Crippen LogP contribution in [0.2, 0.25) is 0 Å². The van der Waals surface area contributed by atoms with E-state index in [4.69, 9.17) is 25.5 Å². The maximum absolute atomic E-state index is 13.7. The van der Waals surface area contributed by atoms with Gasteiger partial charge in [0.15, 0.2) is 0 Å². The molecule has 3 heterocycles. The molecule has 0 saturated carbocycles. The van der Waals surface area contributed by atoms with Crippen molar-refractivity contribution in [2.75, 3.05) is 26.2 Å². The maximum atomic E-state index is 13.7. The van der Waals surface area contributed by atoms with Crippen LogP contribution in [0.25, 0.3) is 6.08 Å². The zero-order valence-electron chi connectivity index (χ0n) is 22.4. The highest BCUT2D eigenvalue weighted by Crippen LogP contribution is 2.23. The smallest absolute Gasteiger partial charge is 0.475 e. The second-order valence-electron chi connectivity index (χ2n) is 9.49. The first-order valence-electron chi connectivity index (χ1n) is 12.7. The summed E-state index contributed by atoms with van der Waals surface area (Å²) in [6, 6.07) is 6.94. The molecule has 4 rings (SSSR count). The minimum absolute atomic E-state index is 0.0867. The Kier molecular flexibility index (Phi) is 12.6. The Labute approximate surface area is 240 Å². The minimum atomic E-state index is -5.08. The van der Waals surface area contributed by atoms with Gasteiger partial charge < -0.3 is 20.8 Å². The maximum Gasteiger partial charge on any atom is 0.490 e. The first-order valence-corrected chi connectivity index (χ1v) is 12.7. The summed E-state index contributed by atoms with van der Waals surface area (Å²) in [5, 5.41) is 22.9. The van der Waals surface area contributed by atoms with E-state index >= 15 is 0 Å². The number of benzene rings is 1. The average Bonchev–Trinajstić information content (AvgIpc) is 3.56. The van der Waals surface area contributed by atoms with Gasteiger partial charge in [-0.3, -0.25) is 9.69 Å². The number of likely N-dealkylation sites (tertiary alicyclic amines) is 2. The van der Waals surface area contributed by atoms with Crippen molar-refractivity contribution in [3.05, 3.63) is 53.6 Å². The van der Waals surface area contributed by atoms with Gasteiger partial charge in [0, 0.05) is 50.4 Å². The fraction of sp³-hybridized carbons (Fsp3) is 0.480. The minimum Gasteiger partial charge on any atom is -0.475 e. The predicted molar refractivity (Wildman–Crippen MR) is 136 cm³/mol. The number of amides is 1. The molecule has 0 bridgehead atoms. The van der Waals surface area contributed by atoms with Crippen molar-refractivity contribution >= 4 is 23.9 Å². The standard InChI is InChI=1S/C21H27FN6O.2C2HF3O2/c22-20-4-2-1-3-16(20)5-6-21(29)27-11-8-19(9-12-27)28-15-18(24-25-28)14-26-10-7-17(23)13-26;2*3-2(4,5)1(6)7/h1-6,15,17,19H,7-14,23H2;2*(H,6,7)/b6-5+;;/t17-;;/m1../s1. The quantitative estimate of drug-likeness (QED) is 0.336. The fourth-order valence-electron chi connectivity index (χ4n) is 4.03. The molecule has 1 aromatic heterocycles. The number of halogens is 7. The summed E-state index contributed by atoms with van der Waals surface area (Å²) in [5.74, 6) is -5.93. The lowest BCUT2D eigenvalue weighted by atomic mass is 10.1. The van der Waals surface area contributed by atoms with Crippen molar-refractivity contribution in [1.82, 2.24) is 24.8 Å². The van der Waals surface area contributed by atoms with E-state index in [1.54, 1.807) is 23.1 Å². The molecule has 2 aliphatic rings. The number of carbonyl (C=O) groups excluding carboxylic acids is 1. The number of alkyl halides is 6. The SMILES string of the molecule is N[C@@H]1CCN(Cc2cn(C3CCN(C(=O)/C=C/c4ccccc4F)CC3)nn2)C1.O=C(O)C(F)(F)F.O=C(O)C(F)(F)F. The summed E-state index contributed by atoms with van der Waals surface area (Å²) in [4.78, 5) is 34.3. The topological polar surface area (TPSA) is 155 Å². The van der Waals surface area contributed by atoms with Crippen LogP contribution in [0.3, 0.4) is 0 Å². The molecular formula is C25H29F7N6O5. The number of aromatic nitrogens is 3. The van der Waals surface area contributed by atoms with Crippen LogP contribution in [0.5, 0.6) is 0 Å². The molecule has 1 aromatic carbocycles. The highest BCUT2D eigenvalue weighted by atomic mass is 19.4. The molecule has 4 N–H and O–H groups in total. The van der Waals surface area contributed by atoms with Crippen molar-refractivity contribution in [3.63, 3.8) is 0 Å². The first kappa shape index (κ1) is 35.1. The third kappa shape index (κ3) is 12.0. The first-order chi connectivity index (χ1) is 20.0. The van der Waals surface area contributed by atoms with Gasteiger partial charge in [0.25, 0.3) is 0 Å². The third-order valence-electron chi connectivity index (χ3n) is 6.20. The molecule has 2 saturated heterocycles. The van der Waals surface area contributed by atoms with Gasteiger partial charge in [-0.05, 0) is 31.4 Å². The summed E-state index contributed by atoms with van der Waals surface area (Å²) >= 11 is 0. The number of hydrogen-bond acceptors (Lipinski definition) is 7. The van der Waals surface area contributed by atoms with E-state index < -0.39 is 24.3 Å². The molecule has 11 nitrogen and oxygen atoms in total. The second kappa shape index (κ2) is 15.4. The van der Waals surface area contributed by atoms with Crippen LogP contribution < -0.4 is 5.73 Å². The largest absolute Gasteiger partial charge is 0.490 e. The van der Waals surface area contributed by atoms with Crippen LogP contribution in [-0.2, 0) is 20.9 Å². The lowest BCUT2D eigenvalue weighted by molar-refractivity contribution is -0.193. The summed E-state index contributed by atoms with van der Waals surface area (Å²) < 4.78 is 79.1. The van der Waals surface area contributed by atoms with Gasteiger partial charge in [0.05, 0.1) is 17.9 Å². The molecular weight excluding hydrogens is 597 g/mol. The summed E-state index contributed by atoms with van der Waals surface area (Å²) in [6.07, 6.45) is -2.46. The van der Waals surface area contributed by atoms with Crippen LogP contribution in [-0.4, -0.2) is 97.4 Å². The highest BCUT2D eigenvalue weighted by molar-refractivity contribution is 5.91. The van der Waals surface area contributed by atoms with E-state index in [1.807, 2.05) is 10.9 Å². The van der Waals surface area contributed by atoms with Crippen LogP contribution in [0.15, 0.2) is 36.5 Å². The van der Waals surface area contributed by atoms with Crippen LogP contribution in [0, 0.1) is 5.82 Å². The lowest BCUT2D eigenvalue weighted by Crippen LogP contribution is -2.38. The van der Waals surface area contributed by atoms with E-state index in [0.29, 0.717) is 18.7 Å². The van der Waals surface area contributed by atoms with E-state index in [0.717, 1.165) is 44.6 Å². The second-order valence-corrected chi connectivity index (χ2v) is 9.49. The van der Waals surface area contributed by atoms with Gasteiger partial charge in [-0.15, -0.1) is 5.10 Å². The van der Waals surface area contributed by atoms with Gasteiger partial charge in [0.2, 0.25) is 5.91 Å². The number of nitrogens with two attached hydrogens (primary N) is 1. The van der Waals surface area contributed by atoms with Crippen molar-refractivity contribution < 1.29 is 55.3 Å². The van der Waals surface area contributed by atoms with Gasteiger partial charge in [-0.1, -0.05) is 23.4 Å². The number of aliphatic carboxylic acids is 2. The predicted octanol–water partition coefficient (Wildman–Crippen LogP) is 3.09. The van der Waals surface area contributed by atoms with E-state index in [-0.39, 0.29) is 23.8 Å². The Balaban J connectivity index is 0.000000384. The number of carboxylic acid groups (broad SMARTS) is 2. The number of carboxylic acids is 2. The Morgan fingerprint density at radius 1 is 0.953 bits per heavy atom. The van der Waals surface area contributed by atoms with Crippen molar-refractivity contribution in [1.29, 1.82) is 0 Å². The van der Waals surface area contributed by atoms with Gasteiger partial charge >= 0.3 is 24.3 Å². The Bertz CT molecular complexity index is 1240. The zero-order valence-corrected chi connectivity index (χ0v) is 22.4. The summed E-state index contributed by atoms with van der Waals surface area (Å²) in [6.45, 7) is 4.01. The van der Waals surface area contributed by atoms with Crippen molar-refractivity contribution in [2.24, 2.45) is 5.73 Å². The monoisotopic (exact) mass is 626 g/mol. The molecule has 1 atom stereocenters. The number of carbonyl (C=O) groups is 3. The molecule has 0 aliphatic carbocycles. The van der Waals surface area contributed by atoms with Crippen LogP contribution in [0.4, 0.5) is 30.7 Å². The number of piperidine rings is 1. The average molecular weight is 627 g/mol. The Hall–Kier alpha value is -4.06. The van der Waals surface area contributed by atoms with Crippen LogP contribution in [0.1, 0.15) is 36.6 Å². The molecule has 0 radical (unpaired) electrons. The molecule has 2 fully saturated rings. The summed E-state index contributed by atoms with van der Waals surface area (Å²) in [7, 11) is 0. The molecule has 238 valence electrons. The third-order valence-corrected chi connectivity index (χ3v) is 6.20. The van der Waals surface area contributed by atoms with Gasteiger partial charge in [0.1, 0.15) is 5.82 Å². The lowest BCUT2D eigenvalue weighted by Gasteiger charge is -2.31. The normalized spacial score (nSPS) is 18.0. The number of hydrogen-bond donors (Lipinski definition) is 3. The number of rotatable bonds is 5. The van der Waals surface area contributed by atoms with Gasteiger partial charge in [-0.2, -0.15) is 26.3 Å². The van der Waals surface area contributed by atoms with Crippen molar-refractivity contribution in [2.45, 2.75) is 50.2 Å². The Morgan fingerprint density at radius 3 is 2.00 bits per heavy atom. The fourth-order valence-corrected chi connectivity index (χ4v) is 4.03. The molecule has 2 aromatic rings. The molecule has 43 heavy (non-hydrogen) atoms. The van der Waals surface area contributed by atoms with E-state index in [9.17, 15) is 35.5 Å². The molecule has 2 aliphatic heterocycles. The molecule has 1 amide bonds. The van der Waals surface area contributed by atoms with E-state index in [1.165, 1.54) is 18.2 Å². The number of nitrogens with zero attached hydrogens (tertiary/aromatic N) is 5. The molecule has 18 heteroatoms. The van der Waals surface area contributed by atoms with E-state index in [2.05, 4.69) is 15.2 Å². The molecule has 0 unspecified atom stereocenters.